The maximum absolute atomic E-state index is 11.6. The highest BCUT2D eigenvalue weighted by molar-refractivity contribution is 6.28. The van der Waals surface area contributed by atoms with E-state index in [2.05, 4.69) is 41.0 Å². The first-order valence-corrected chi connectivity index (χ1v) is 11.0. The van der Waals surface area contributed by atoms with Crippen LogP contribution in [0.1, 0.15) is 33.6 Å². The van der Waals surface area contributed by atoms with Crippen LogP contribution >= 0.6 is 11.6 Å². The van der Waals surface area contributed by atoms with Crippen molar-refractivity contribution >= 4 is 28.9 Å². The van der Waals surface area contributed by atoms with Gasteiger partial charge in [0.05, 0.1) is 18.1 Å². The van der Waals surface area contributed by atoms with Crippen molar-refractivity contribution in [1.29, 1.82) is 0 Å². The molecule has 10 nitrogen and oxygen atoms in total. The van der Waals surface area contributed by atoms with Gasteiger partial charge in [0.25, 0.3) is 0 Å². The van der Waals surface area contributed by atoms with E-state index in [1.54, 1.807) is 0 Å². The maximum atomic E-state index is 11.6. The average molecular weight is 445 g/mol. The lowest BCUT2D eigenvalue weighted by Gasteiger charge is -2.28. The second kappa shape index (κ2) is 12.8. The first kappa shape index (κ1) is 24.5. The van der Waals surface area contributed by atoms with Gasteiger partial charge in [0, 0.05) is 32.3 Å². The van der Waals surface area contributed by atoms with Gasteiger partial charge in [0.1, 0.15) is 0 Å². The van der Waals surface area contributed by atoms with Gasteiger partial charge in [-0.15, -0.1) is 0 Å². The molecule has 2 aliphatic rings. The van der Waals surface area contributed by atoms with Gasteiger partial charge in [-0.05, 0) is 44.1 Å². The summed E-state index contributed by atoms with van der Waals surface area (Å²) in [7, 11) is 0. The van der Waals surface area contributed by atoms with Crippen molar-refractivity contribution in [2.75, 3.05) is 69.4 Å². The van der Waals surface area contributed by atoms with Crippen molar-refractivity contribution in [2.45, 2.75) is 39.7 Å². The Balaban J connectivity index is 0.000000396. The van der Waals surface area contributed by atoms with Crippen LogP contribution < -0.4 is 10.2 Å². The molecule has 11 heteroatoms. The number of rotatable bonds is 7. The molecular weight excluding hydrogens is 412 g/mol. The molecule has 1 aromatic heterocycles. The number of nitrogens with zero attached hydrogens (tertiary/aromatic N) is 5. The monoisotopic (exact) mass is 444 g/mol. The third-order valence-corrected chi connectivity index (χ3v) is 5.40. The quantitative estimate of drug-likeness (QED) is 0.386. The molecule has 170 valence electrons. The minimum Gasteiger partial charge on any atom is -0.381 e. The topological polar surface area (TPSA) is 106 Å². The molecule has 0 aliphatic carbocycles. The zero-order valence-corrected chi connectivity index (χ0v) is 18.9. The van der Waals surface area contributed by atoms with Gasteiger partial charge in [-0.2, -0.15) is 9.97 Å². The van der Waals surface area contributed by atoms with Crippen LogP contribution in [0.4, 0.5) is 17.3 Å². The molecule has 0 radical (unpaired) electrons. The number of hydrogen-bond acceptors (Lipinski definition) is 9. The molecule has 0 bridgehead atoms. The van der Waals surface area contributed by atoms with Crippen LogP contribution in [-0.4, -0.2) is 85.0 Å². The van der Waals surface area contributed by atoms with E-state index in [-0.39, 0.29) is 28.6 Å². The van der Waals surface area contributed by atoms with E-state index >= 15 is 0 Å². The molecule has 0 spiro atoms. The highest BCUT2D eigenvalue weighted by Crippen LogP contribution is 2.35. The summed E-state index contributed by atoms with van der Waals surface area (Å²) in [5, 5.41) is 14.7. The fraction of sp³-hybridized carbons (Fsp3) is 0.789. The van der Waals surface area contributed by atoms with Crippen molar-refractivity contribution in [1.82, 2.24) is 14.9 Å². The van der Waals surface area contributed by atoms with Gasteiger partial charge in [-0.1, -0.05) is 20.8 Å². The van der Waals surface area contributed by atoms with Gasteiger partial charge in [0.15, 0.2) is 0 Å². The molecule has 0 unspecified atom stereocenters. The van der Waals surface area contributed by atoms with Crippen molar-refractivity contribution in [3.63, 3.8) is 0 Å². The van der Waals surface area contributed by atoms with Crippen molar-refractivity contribution in [3.05, 3.63) is 15.4 Å². The molecule has 2 aliphatic heterocycles. The van der Waals surface area contributed by atoms with Crippen molar-refractivity contribution < 1.29 is 14.4 Å². The van der Waals surface area contributed by atoms with Gasteiger partial charge in [-0.25, -0.2) is 0 Å². The van der Waals surface area contributed by atoms with E-state index in [9.17, 15) is 10.1 Å². The zero-order valence-electron chi connectivity index (χ0n) is 18.1. The smallest absolute Gasteiger partial charge is 0.353 e. The second-order valence-corrected chi connectivity index (χ2v) is 7.36. The molecule has 1 N–H and O–H groups in total. The summed E-state index contributed by atoms with van der Waals surface area (Å²) in [5.41, 5.74) is -0.136. The summed E-state index contributed by atoms with van der Waals surface area (Å²) >= 11 is 6.00. The summed E-state index contributed by atoms with van der Waals surface area (Å²) in [6.45, 7) is 13.4. The van der Waals surface area contributed by atoms with Gasteiger partial charge in [-0.3, -0.25) is 10.1 Å². The Morgan fingerprint density at radius 3 is 2.17 bits per heavy atom. The maximum Gasteiger partial charge on any atom is 0.353 e. The number of aromatic nitrogens is 2. The number of anilines is 2. The molecule has 3 rings (SSSR count). The minimum atomic E-state index is -0.456. The summed E-state index contributed by atoms with van der Waals surface area (Å²) in [4.78, 5) is 23.5. The van der Waals surface area contributed by atoms with Crippen LogP contribution in [0.5, 0.6) is 0 Å². The van der Waals surface area contributed by atoms with Crippen molar-refractivity contribution in [3.8, 4) is 0 Å². The molecular formula is C19H33ClN6O4. The summed E-state index contributed by atoms with van der Waals surface area (Å²) < 4.78 is 10.6. The highest BCUT2D eigenvalue weighted by atomic mass is 35.5. The lowest BCUT2D eigenvalue weighted by Crippen LogP contribution is -2.37. The molecule has 2 fully saturated rings. The number of nitrogens with one attached hydrogen (secondary N) is 1. The zero-order chi connectivity index (χ0) is 21.9. The van der Waals surface area contributed by atoms with Crippen molar-refractivity contribution in [2.24, 2.45) is 0 Å². The fourth-order valence-corrected chi connectivity index (χ4v) is 3.55. The highest BCUT2D eigenvalue weighted by Gasteiger charge is 2.30. The third kappa shape index (κ3) is 7.19. The SMILES string of the molecule is CCN(CC)CC.O=[N+]([O-])c1c(NC2CCOCC2)nc(Cl)nc1N1CCOCC1. The van der Waals surface area contributed by atoms with Gasteiger partial charge >= 0.3 is 5.69 Å². The predicted molar refractivity (Wildman–Crippen MR) is 118 cm³/mol. The Labute approximate surface area is 183 Å². The molecule has 2 saturated heterocycles. The number of hydrogen-bond donors (Lipinski definition) is 1. The Morgan fingerprint density at radius 1 is 1.10 bits per heavy atom. The van der Waals surface area contributed by atoms with Crippen LogP contribution in [0.3, 0.4) is 0 Å². The third-order valence-electron chi connectivity index (χ3n) is 5.24. The van der Waals surface area contributed by atoms with E-state index in [0.29, 0.717) is 39.5 Å². The van der Waals surface area contributed by atoms with Crippen LogP contribution in [0.15, 0.2) is 0 Å². The van der Waals surface area contributed by atoms with Gasteiger partial charge < -0.3 is 24.6 Å². The standard InChI is InChI=1S/C13H18ClN5O4.C6H15N/c14-13-16-11(15-9-1-5-22-6-2-9)10(19(20)21)12(17-13)18-3-7-23-8-4-18;1-4-7(5-2)6-3/h9H,1-8H2,(H,15,16,17);4-6H2,1-3H3. The molecule has 3 heterocycles. The van der Waals surface area contributed by atoms with E-state index in [0.717, 1.165) is 12.8 Å². The summed E-state index contributed by atoms with van der Waals surface area (Å²) in [6.07, 6.45) is 1.54. The normalized spacial score (nSPS) is 17.4. The Morgan fingerprint density at radius 2 is 1.67 bits per heavy atom. The number of nitro groups is 1. The Hall–Kier alpha value is -1.75. The molecule has 0 amide bonds. The van der Waals surface area contributed by atoms with Crippen LogP contribution in [-0.2, 0) is 9.47 Å². The van der Waals surface area contributed by atoms with E-state index in [4.69, 9.17) is 21.1 Å². The van der Waals surface area contributed by atoms with E-state index in [1.165, 1.54) is 19.6 Å². The first-order valence-electron chi connectivity index (χ1n) is 10.6. The average Bonchev–Trinajstić information content (AvgIpc) is 2.76. The molecule has 0 saturated carbocycles. The summed E-state index contributed by atoms with van der Waals surface area (Å²) in [5.74, 6) is 0.413. The summed E-state index contributed by atoms with van der Waals surface area (Å²) in [6, 6.07) is 0.0750. The Bertz CT molecular complexity index is 659. The largest absolute Gasteiger partial charge is 0.381 e. The van der Waals surface area contributed by atoms with Crippen LogP contribution in [0.25, 0.3) is 0 Å². The minimum absolute atomic E-state index is 0.00773. The molecule has 0 aromatic carbocycles. The second-order valence-electron chi connectivity index (χ2n) is 7.02. The number of morpholine rings is 1. The first-order chi connectivity index (χ1) is 14.5. The lowest BCUT2D eigenvalue weighted by molar-refractivity contribution is -0.383. The Kier molecular flexibility index (Phi) is 10.5. The van der Waals surface area contributed by atoms with E-state index < -0.39 is 4.92 Å². The molecule has 1 aromatic rings. The lowest BCUT2D eigenvalue weighted by atomic mass is 10.1. The van der Waals surface area contributed by atoms with Crippen LogP contribution in [0, 0.1) is 10.1 Å². The van der Waals surface area contributed by atoms with E-state index in [1.807, 2.05) is 4.90 Å². The molecule has 0 atom stereocenters. The predicted octanol–water partition coefficient (Wildman–Crippen LogP) is 2.81. The number of ether oxygens (including phenoxy) is 2. The number of halogens is 1. The van der Waals surface area contributed by atoms with Crippen LogP contribution in [0.2, 0.25) is 5.28 Å². The van der Waals surface area contributed by atoms with Gasteiger partial charge in [0.2, 0.25) is 16.9 Å². The fourth-order valence-electron chi connectivity index (χ4n) is 3.39. The molecule has 30 heavy (non-hydrogen) atoms.